The Morgan fingerprint density at radius 3 is 2.50 bits per heavy atom. The first-order chi connectivity index (χ1) is 10.6. The van der Waals surface area contributed by atoms with Crippen molar-refractivity contribution in [3.63, 3.8) is 0 Å². The molecule has 114 valence electrons. The minimum Gasteiger partial charge on any atom is -0.306 e. The Balaban J connectivity index is 1.82. The summed E-state index contributed by atoms with van der Waals surface area (Å²) in [6.45, 7) is 7.28. The molecule has 0 aliphatic rings. The molecule has 22 heavy (non-hydrogen) atoms. The van der Waals surface area contributed by atoms with Crippen LogP contribution in [0.1, 0.15) is 35.3 Å². The van der Waals surface area contributed by atoms with E-state index in [1.165, 1.54) is 27.5 Å². The Labute approximate surface area is 132 Å². The van der Waals surface area contributed by atoms with E-state index >= 15 is 0 Å². The Kier molecular flexibility index (Phi) is 3.99. The van der Waals surface area contributed by atoms with Gasteiger partial charge in [-0.15, -0.1) is 0 Å². The first kappa shape index (κ1) is 14.8. The van der Waals surface area contributed by atoms with Gasteiger partial charge in [0.1, 0.15) is 0 Å². The molecular formula is C19H23N3. The number of nitrogens with zero attached hydrogens (tertiary/aromatic N) is 2. The number of hydrogen-bond acceptors (Lipinski definition) is 2. The first-order valence-corrected chi connectivity index (χ1v) is 7.77. The van der Waals surface area contributed by atoms with Crippen molar-refractivity contribution in [1.82, 2.24) is 15.1 Å². The molecule has 0 spiro atoms. The zero-order chi connectivity index (χ0) is 15.7. The molecule has 0 saturated carbocycles. The molecule has 2 aromatic carbocycles. The van der Waals surface area contributed by atoms with Crippen LogP contribution in [0.15, 0.2) is 42.6 Å². The van der Waals surface area contributed by atoms with Crippen molar-refractivity contribution in [3.8, 4) is 0 Å². The van der Waals surface area contributed by atoms with Crippen LogP contribution < -0.4 is 5.32 Å². The standard InChI is InChI=1S/C19H23N3/c1-13-9-10-16(18-8-6-5-7-17(13)18)11-20-14(2)19-12-22(4)21-15(19)3/h5-10,12,14,20H,11H2,1-4H3. The summed E-state index contributed by atoms with van der Waals surface area (Å²) in [5, 5.41) is 10.7. The lowest BCUT2D eigenvalue weighted by Gasteiger charge is -2.15. The van der Waals surface area contributed by atoms with Crippen molar-refractivity contribution in [1.29, 1.82) is 0 Å². The van der Waals surface area contributed by atoms with E-state index in [9.17, 15) is 0 Å². The van der Waals surface area contributed by atoms with Crippen LogP contribution in [-0.4, -0.2) is 9.78 Å². The predicted molar refractivity (Wildman–Crippen MR) is 91.9 cm³/mol. The quantitative estimate of drug-likeness (QED) is 0.786. The molecule has 3 aromatic rings. The summed E-state index contributed by atoms with van der Waals surface area (Å²) in [6, 6.07) is 13.3. The number of fused-ring (bicyclic) bond motifs is 1. The SMILES string of the molecule is Cc1nn(C)cc1C(C)NCc1ccc(C)c2ccccc12. The largest absolute Gasteiger partial charge is 0.306 e. The topological polar surface area (TPSA) is 29.9 Å². The van der Waals surface area contributed by atoms with Crippen LogP contribution in [-0.2, 0) is 13.6 Å². The summed E-state index contributed by atoms with van der Waals surface area (Å²) < 4.78 is 1.88. The van der Waals surface area contributed by atoms with Gasteiger partial charge in [-0.2, -0.15) is 5.10 Å². The summed E-state index contributed by atoms with van der Waals surface area (Å²) in [5.41, 5.74) is 5.03. The Bertz CT molecular complexity index is 802. The van der Waals surface area contributed by atoms with E-state index in [2.05, 4.69) is 73.8 Å². The molecule has 0 bridgehead atoms. The molecule has 1 N–H and O–H groups in total. The van der Waals surface area contributed by atoms with E-state index in [1.54, 1.807) is 0 Å². The van der Waals surface area contributed by atoms with Crippen molar-refractivity contribution in [3.05, 3.63) is 65.0 Å². The predicted octanol–water partition coefficient (Wildman–Crippen LogP) is 4.04. The maximum Gasteiger partial charge on any atom is 0.0641 e. The van der Waals surface area contributed by atoms with Crippen LogP contribution in [0, 0.1) is 13.8 Å². The third kappa shape index (κ3) is 2.77. The molecule has 0 aliphatic carbocycles. The molecular weight excluding hydrogens is 270 g/mol. The lowest BCUT2D eigenvalue weighted by molar-refractivity contribution is 0.573. The van der Waals surface area contributed by atoms with Gasteiger partial charge < -0.3 is 5.32 Å². The van der Waals surface area contributed by atoms with Gasteiger partial charge in [0.2, 0.25) is 0 Å². The normalized spacial score (nSPS) is 12.7. The van der Waals surface area contributed by atoms with Crippen LogP contribution in [0.5, 0.6) is 0 Å². The summed E-state index contributed by atoms with van der Waals surface area (Å²) in [7, 11) is 1.97. The monoisotopic (exact) mass is 293 g/mol. The lowest BCUT2D eigenvalue weighted by Crippen LogP contribution is -2.18. The lowest BCUT2D eigenvalue weighted by atomic mass is 10.00. The van der Waals surface area contributed by atoms with E-state index in [0.29, 0.717) is 0 Å². The van der Waals surface area contributed by atoms with E-state index < -0.39 is 0 Å². The van der Waals surface area contributed by atoms with Crippen molar-refractivity contribution in [2.45, 2.75) is 33.4 Å². The molecule has 0 amide bonds. The van der Waals surface area contributed by atoms with Gasteiger partial charge in [-0.1, -0.05) is 36.4 Å². The van der Waals surface area contributed by atoms with Gasteiger partial charge >= 0.3 is 0 Å². The molecule has 1 unspecified atom stereocenters. The van der Waals surface area contributed by atoms with Gasteiger partial charge in [0, 0.05) is 31.4 Å². The summed E-state index contributed by atoms with van der Waals surface area (Å²) in [6.07, 6.45) is 2.10. The second-order valence-corrected chi connectivity index (χ2v) is 6.03. The number of aromatic nitrogens is 2. The summed E-state index contributed by atoms with van der Waals surface area (Å²) >= 11 is 0. The smallest absolute Gasteiger partial charge is 0.0641 e. The summed E-state index contributed by atoms with van der Waals surface area (Å²) in [5.74, 6) is 0. The van der Waals surface area contributed by atoms with E-state index in [-0.39, 0.29) is 6.04 Å². The second-order valence-electron chi connectivity index (χ2n) is 6.03. The number of nitrogens with one attached hydrogen (secondary N) is 1. The van der Waals surface area contributed by atoms with Crippen LogP contribution in [0.25, 0.3) is 10.8 Å². The Morgan fingerprint density at radius 1 is 1.09 bits per heavy atom. The molecule has 0 aliphatic heterocycles. The Hall–Kier alpha value is -2.13. The fourth-order valence-corrected chi connectivity index (χ4v) is 3.08. The molecule has 1 atom stereocenters. The highest BCUT2D eigenvalue weighted by Crippen LogP contribution is 2.23. The fourth-order valence-electron chi connectivity index (χ4n) is 3.08. The van der Waals surface area contributed by atoms with Gasteiger partial charge in [-0.25, -0.2) is 0 Å². The molecule has 3 heteroatoms. The zero-order valence-electron chi connectivity index (χ0n) is 13.7. The highest BCUT2D eigenvalue weighted by molar-refractivity contribution is 5.88. The second kappa shape index (κ2) is 5.93. The number of rotatable bonds is 4. The molecule has 3 nitrogen and oxygen atoms in total. The molecule has 0 saturated heterocycles. The van der Waals surface area contributed by atoms with Crippen LogP contribution in [0.2, 0.25) is 0 Å². The zero-order valence-corrected chi connectivity index (χ0v) is 13.7. The molecule has 1 aromatic heterocycles. The van der Waals surface area contributed by atoms with Crippen molar-refractivity contribution >= 4 is 10.8 Å². The third-order valence-electron chi connectivity index (χ3n) is 4.35. The van der Waals surface area contributed by atoms with E-state index in [0.717, 1.165) is 12.2 Å². The average molecular weight is 293 g/mol. The number of aryl methyl sites for hydroxylation is 3. The average Bonchev–Trinajstić information content (AvgIpc) is 2.85. The van der Waals surface area contributed by atoms with Crippen LogP contribution >= 0.6 is 0 Å². The Morgan fingerprint density at radius 2 is 1.82 bits per heavy atom. The van der Waals surface area contributed by atoms with E-state index in [4.69, 9.17) is 0 Å². The maximum atomic E-state index is 4.43. The minimum atomic E-state index is 0.286. The van der Waals surface area contributed by atoms with E-state index in [1.807, 2.05) is 11.7 Å². The number of hydrogen-bond donors (Lipinski definition) is 1. The third-order valence-corrected chi connectivity index (χ3v) is 4.35. The van der Waals surface area contributed by atoms with Crippen molar-refractivity contribution in [2.75, 3.05) is 0 Å². The molecule has 3 rings (SSSR count). The van der Waals surface area contributed by atoms with Gasteiger partial charge in [0.25, 0.3) is 0 Å². The van der Waals surface area contributed by atoms with Crippen LogP contribution in [0.4, 0.5) is 0 Å². The molecule has 0 radical (unpaired) electrons. The van der Waals surface area contributed by atoms with Gasteiger partial charge in [-0.05, 0) is 42.7 Å². The maximum absolute atomic E-state index is 4.43. The summed E-state index contributed by atoms with van der Waals surface area (Å²) in [4.78, 5) is 0. The minimum absolute atomic E-state index is 0.286. The fraction of sp³-hybridized carbons (Fsp3) is 0.316. The highest BCUT2D eigenvalue weighted by atomic mass is 15.3. The number of benzene rings is 2. The highest BCUT2D eigenvalue weighted by Gasteiger charge is 2.12. The van der Waals surface area contributed by atoms with Crippen molar-refractivity contribution < 1.29 is 0 Å². The van der Waals surface area contributed by atoms with Crippen LogP contribution in [0.3, 0.4) is 0 Å². The van der Waals surface area contributed by atoms with Crippen molar-refractivity contribution in [2.24, 2.45) is 7.05 Å². The first-order valence-electron chi connectivity index (χ1n) is 7.77. The van der Waals surface area contributed by atoms with Gasteiger partial charge in [-0.3, -0.25) is 4.68 Å². The van der Waals surface area contributed by atoms with Gasteiger partial charge in [0.05, 0.1) is 5.69 Å². The molecule has 0 fully saturated rings. The van der Waals surface area contributed by atoms with Gasteiger partial charge in [0.15, 0.2) is 0 Å². The molecule has 1 heterocycles.